The largest absolute Gasteiger partial charge is 0.0956 e. The molecule has 3 heteroatoms. The molecule has 0 nitrogen and oxygen atoms in total. The molecule has 0 heterocycles. The van der Waals surface area contributed by atoms with E-state index in [-0.39, 0.29) is 27.7 Å². The van der Waals surface area contributed by atoms with Crippen LogP contribution in [0.2, 0.25) is 0 Å². The summed E-state index contributed by atoms with van der Waals surface area (Å²) in [6.45, 7) is 6.83. The summed E-state index contributed by atoms with van der Waals surface area (Å²) >= 11 is 6.50. The third-order valence-corrected chi connectivity index (χ3v) is 7.32. The maximum Gasteiger partial charge on any atom is 0 e. The number of rotatable bonds is 1. The number of hydrogen-bond acceptors (Lipinski definition) is 0. The first kappa shape index (κ1) is 14.4. The van der Waals surface area contributed by atoms with Crippen molar-refractivity contribution in [3.63, 3.8) is 0 Å². The Hall–Kier alpha value is 1.38. The maximum absolute atomic E-state index is 6.50. The van der Waals surface area contributed by atoms with E-state index in [0.717, 1.165) is 5.66 Å². The molecule has 1 unspecified atom stereocenters. The molecule has 1 aliphatic rings. The van der Waals surface area contributed by atoms with Crippen LogP contribution in [-0.2, 0) is 20.4 Å². The third kappa shape index (κ3) is 4.62. The zero-order valence-electron chi connectivity index (χ0n) is 8.75. The Balaban J connectivity index is 0.00000144. The standard InChI is InChI=1S/C10H20ClP.Pd/c1-10(2,3)12(11)9-7-5-4-6-8-9;/h9H,4-8H2,1-3H3;. The van der Waals surface area contributed by atoms with E-state index in [1.165, 1.54) is 32.1 Å². The van der Waals surface area contributed by atoms with Crippen LogP contribution in [0, 0.1) is 0 Å². The van der Waals surface area contributed by atoms with E-state index in [1.807, 2.05) is 0 Å². The molecule has 0 aromatic rings. The smallest absolute Gasteiger partial charge is 0 e. The normalized spacial score (nSPS) is 22.2. The second kappa shape index (κ2) is 6.07. The van der Waals surface area contributed by atoms with E-state index in [9.17, 15) is 0 Å². The van der Waals surface area contributed by atoms with E-state index >= 15 is 0 Å². The third-order valence-electron chi connectivity index (χ3n) is 2.54. The molecule has 0 spiro atoms. The van der Waals surface area contributed by atoms with Gasteiger partial charge in [0, 0.05) is 20.4 Å². The van der Waals surface area contributed by atoms with Crippen molar-refractivity contribution in [1.29, 1.82) is 0 Å². The quantitative estimate of drug-likeness (QED) is 0.484. The van der Waals surface area contributed by atoms with Gasteiger partial charge >= 0.3 is 0 Å². The van der Waals surface area contributed by atoms with Gasteiger partial charge in [-0.2, -0.15) is 0 Å². The zero-order chi connectivity index (χ0) is 9.19. The minimum absolute atomic E-state index is 0. The molecule has 13 heavy (non-hydrogen) atoms. The summed E-state index contributed by atoms with van der Waals surface area (Å²) in [6.07, 6.45) is 7.01. The van der Waals surface area contributed by atoms with Crippen molar-refractivity contribution in [3.05, 3.63) is 0 Å². The van der Waals surface area contributed by atoms with Gasteiger partial charge in [0.05, 0.1) is 0 Å². The minimum Gasteiger partial charge on any atom is -0.0956 e. The summed E-state index contributed by atoms with van der Waals surface area (Å²) in [5, 5.41) is 0.346. The molecule has 0 aromatic carbocycles. The van der Waals surface area contributed by atoms with E-state index in [0.29, 0.717) is 5.16 Å². The van der Waals surface area contributed by atoms with Crippen LogP contribution in [0.25, 0.3) is 0 Å². The zero-order valence-corrected chi connectivity index (χ0v) is 12.0. The predicted molar refractivity (Wildman–Crippen MR) is 59.4 cm³/mol. The second-order valence-corrected chi connectivity index (χ2v) is 8.56. The molecular weight excluding hydrogens is 293 g/mol. The van der Waals surface area contributed by atoms with E-state index < -0.39 is 0 Å². The second-order valence-electron chi connectivity index (χ2n) is 4.77. The summed E-state index contributed by atoms with van der Waals surface area (Å²) in [6, 6.07) is 0. The molecule has 0 N–H and O–H groups in total. The molecule has 0 aromatic heterocycles. The molecule has 1 fully saturated rings. The number of hydrogen-bond donors (Lipinski definition) is 0. The maximum atomic E-state index is 6.50. The van der Waals surface area contributed by atoms with Crippen LogP contribution in [0.4, 0.5) is 0 Å². The van der Waals surface area contributed by atoms with Crippen molar-refractivity contribution in [2.45, 2.75) is 63.7 Å². The predicted octanol–water partition coefficient (Wildman–Crippen LogP) is 4.75. The SMILES string of the molecule is CC(C)(C)P(Cl)C1CCCCC1.[Pd]. The first-order chi connectivity index (χ1) is 5.52. The first-order valence-corrected chi connectivity index (χ1v) is 7.28. The topological polar surface area (TPSA) is 0 Å². The summed E-state index contributed by atoms with van der Waals surface area (Å²) in [7, 11) is -0.268. The van der Waals surface area contributed by atoms with Gasteiger partial charge in [0.2, 0.25) is 0 Å². The minimum atomic E-state index is -0.268. The molecule has 1 rings (SSSR count). The van der Waals surface area contributed by atoms with Crippen LogP contribution in [0.1, 0.15) is 52.9 Å². The average Bonchev–Trinajstić information content (AvgIpc) is 2.03. The fourth-order valence-corrected chi connectivity index (χ4v) is 4.35. The Morgan fingerprint density at radius 1 is 1.08 bits per heavy atom. The van der Waals surface area contributed by atoms with Crippen LogP contribution in [0.15, 0.2) is 0 Å². The van der Waals surface area contributed by atoms with Gasteiger partial charge in [-0.05, 0) is 30.9 Å². The van der Waals surface area contributed by atoms with Gasteiger partial charge in [-0.3, -0.25) is 0 Å². The van der Waals surface area contributed by atoms with Gasteiger partial charge in [-0.1, -0.05) is 51.3 Å². The fourth-order valence-electron chi connectivity index (χ4n) is 1.86. The molecule has 0 amide bonds. The van der Waals surface area contributed by atoms with Crippen LogP contribution in [-0.4, -0.2) is 10.8 Å². The first-order valence-electron chi connectivity index (χ1n) is 4.97. The van der Waals surface area contributed by atoms with Crippen LogP contribution in [0.3, 0.4) is 0 Å². The fraction of sp³-hybridized carbons (Fsp3) is 1.00. The van der Waals surface area contributed by atoms with Crippen LogP contribution < -0.4 is 0 Å². The molecule has 0 bridgehead atoms. The summed E-state index contributed by atoms with van der Waals surface area (Å²) in [5.41, 5.74) is 0.843. The van der Waals surface area contributed by atoms with E-state index in [4.69, 9.17) is 11.2 Å². The molecule has 1 aliphatic carbocycles. The average molecular weight is 313 g/mol. The monoisotopic (exact) mass is 312 g/mol. The summed E-state index contributed by atoms with van der Waals surface area (Å²) in [4.78, 5) is 0. The van der Waals surface area contributed by atoms with Gasteiger partial charge in [0.25, 0.3) is 0 Å². The Bertz CT molecular complexity index is 138. The van der Waals surface area contributed by atoms with Crippen LogP contribution in [0.5, 0.6) is 0 Å². The van der Waals surface area contributed by atoms with Crippen molar-refractivity contribution in [3.8, 4) is 0 Å². The van der Waals surface area contributed by atoms with Crippen LogP contribution >= 0.6 is 18.5 Å². The van der Waals surface area contributed by atoms with Crippen molar-refractivity contribution < 1.29 is 20.4 Å². The molecule has 0 radical (unpaired) electrons. The van der Waals surface area contributed by atoms with Crippen molar-refractivity contribution in [2.75, 3.05) is 0 Å². The van der Waals surface area contributed by atoms with E-state index in [1.54, 1.807) is 0 Å². The summed E-state index contributed by atoms with van der Waals surface area (Å²) < 4.78 is 0. The Kier molecular flexibility index (Phi) is 6.72. The Morgan fingerprint density at radius 3 is 1.92 bits per heavy atom. The number of halogens is 1. The van der Waals surface area contributed by atoms with Crippen molar-refractivity contribution >= 4 is 18.5 Å². The molecular formula is C10H20ClPPd. The molecule has 0 aliphatic heterocycles. The van der Waals surface area contributed by atoms with Gasteiger partial charge in [0.1, 0.15) is 0 Å². The molecule has 1 atom stereocenters. The van der Waals surface area contributed by atoms with Gasteiger partial charge < -0.3 is 0 Å². The van der Waals surface area contributed by atoms with E-state index in [2.05, 4.69) is 20.8 Å². The summed E-state index contributed by atoms with van der Waals surface area (Å²) in [5.74, 6) is 0. The van der Waals surface area contributed by atoms with Crippen molar-refractivity contribution in [2.24, 2.45) is 0 Å². The molecule has 82 valence electrons. The Morgan fingerprint density at radius 2 is 1.54 bits per heavy atom. The Labute approximate surface area is 102 Å². The molecule has 1 saturated carbocycles. The molecule has 0 saturated heterocycles. The van der Waals surface area contributed by atoms with Gasteiger partial charge in [-0.25, -0.2) is 0 Å². The van der Waals surface area contributed by atoms with Gasteiger partial charge in [-0.15, -0.1) is 0 Å². The van der Waals surface area contributed by atoms with Crippen molar-refractivity contribution in [1.82, 2.24) is 0 Å². The van der Waals surface area contributed by atoms with Gasteiger partial charge in [0.15, 0.2) is 0 Å².